The Balaban J connectivity index is 2.43. The van der Waals surface area contributed by atoms with Crippen molar-refractivity contribution in [1.82, 2.24) is 10.2 Å². The molecule has 11 heteroatoms. The third-order valence-corrected chi connectivity index (χ3v) is 7.20. The van der Waals surface area contributed by atoms with Gasteiger partial charge in [0.25, 0.3) is 0 Å². The van der Waals surface area contributed by atoms with E-state index in [1.54, 1.807) is 38.3 Å². The van der Waals surface area contributed by atoms with Crippen LogP contribution >= 0.6 is 23.2 Å². The molecule has 1 N–H and O–H groups in total. The lowest BCUT2D eigenvalue weighted by Gasteiger charge is -2.33. The van der Waals surface area contributed by atoms with Crippen LogP contribution in [-0.4, -0.2) is 57.6 Å². The summed E-state index contributed by atoms with van der Waals surface area (Å²) in [5, 5.41) is 3.25. The average molecular weight is 545 g/mol. The maximum atomic E-state index is 13.6. The highest BCUT2D eigenvalue weighted by molar-refractivity contribution is 7.92. The van der Waals surface area contributed by atoms with Crippen molar-refractivity contribution in [3.05, 3.63) is 58.1 Å². The van der Waals surface area contributed by atoms with Gasteiger partial charge in [0.15, 0.2) is 0 Å². The highest BCUT2D eigenvalue weighted by Gasteiger charge is 2.31. The van der Waals surface area contributed by atoms with E-state index in [1.165, 1.54) is 23.1 Å². The molecular formula is C24H31Cl2N3O5S. The molecule has 8 nitrogen and oxygen atoms in total. The van der Waals surface area contributed by atoms with Gasteiger partial charge in [0.05, 0.1) is 29.1 Å². The summed E-state index contributed by atoms with van der Waals surface area (Å²) in [6.45, 7) is 3.81. The number of methoxy groups -OCH3 is 1. The number of ether oxygens (including phenoxy) is 1. The first kappa shape index (κ1) is 28.7. The number of nitrogens with one attached hydrogen (secondary N) is 1. The molecule has 0 heterocycles. The van der Waals surface area contributed by atoms with Crippen LogP contribution in [-0.2, 0) is 26.2 Å². The summed E-state index contributed by atoms with van der Waals surface area (Å²) in [5.74, 6) is -0.172. The zero-order valence-electron chi connectivity index (χ0n) is 20.3. The molecule has 0 aliphatic rings. The topological polar surface area (TPSA) is 96.0 Å². The van der Waals surface area contributed by atoms with Gasteiger partial charge in [0.1, 0.15) is 18.3 Å². The summed E-state index contributed by atoms with van der Waals surface area (Å²) in [7, 11) is -2.30. The maximum Gasteiger partial charge on any atom is 0.244 e. The van der Waals surface area contributed by atoms with Gasteiger partial charge in [-0.05, 0) is 48.7 Å². The summed E-state index contributed by atoms with van der Waals surface area (Å²) in [5.41, 5.74) is 0.962. The van der Waals surface area contributed by atoms with Crippen molar-refractivity contribution >= 4 is 50.7 Å². The molecule has 1 unspecified atom stereocenters. The summed E-state index contributed by atoms with van der Waals surface area (Å²) in [4.78, 5) is 27.9. The monoisotopic (exact) mass is 543 g/mol. The molecule has 35 heavy (non-hydrogen) atoms. The van der Waals surface area contributed by atoms with Crippen LogP contribution in [0.4, 0.5) is 5.69 Å². The van der Waals surface area contributed by atoms with E-state index in [2.05, 4.69) is 5.32 Å². The first-order valence-electron chi connectivity index (χ1n) is 11.1. The third kappa shape index (κ3) is 8.02. The Bertz CT molecular complexity index is 1130. The van der Waals surface area contributed by atoms with Crippen LogP contribution in [0.1, 0.15) is 32.3 Å². The fourth-order valence-corrected chi connectivity index (χ4v) is 4.60. The molecule has 0 saturated heterocycles. The SMILES string of the molecule is CCCNC(=O)C(CC)N(Cc1ccc(OC)cc1)C(=O)CN(c1ccc(Cl)c(Cl)c1)S(C)(=O)=O. The van der Waals surface area contributed by atoms with Gasteiger partial charge < -0.3 is 15.0 Å². The molecule has 2 aromatic rings. The highest BCUT2D eigenvalue weighted by atomic mass is 35.5. The molecule has 2 amide bonds. The Morgan fingerprint density at radius 1 is 1.06 bits per heavy atom. The number of hydrogen-bond acceptors (Lipinski definition) is 5. The number of sulfonamides is 1. The summed E-state index contributed by atoms with van der Waals surface area (Å²) in [6, 6.07) is 10.6. The van der Waals surface area contributed by atoms with Crippen molar-refractivity contribution in [3.63, 3.8) is 0 Å². The molecule has 192 valence electrons. The van der Waals surface area contributed by atoms with E-state index in [4.69, 9.17) is 27.9 Å². The van der Waals surface area contributed by atoms with Crippen molar-refractivity contribution in [1.29, 1.82) is 0 Å². The molecule has 2 rings (SSSR count). The normalized spacial score (nSPS) is 12.1. The number of hydrogen-bond donors (Lipinski definition) is 1. The maximum absolute atomic E-state index is 13.6. The van der Waals surface area contributed by atoms with Crippen molar-refractivity contribution in [3.8, 4) is 5.75 Å². The van der Waals surface area contributed by atoms with Crippen LogP contribution in [0.15, 0.2) is 42.5 Å². The molecule has 0 aliphatic heterocycles. The molecule has 0 aromatic heterocycles. The minimum absolute atomic E-state index is 0.111. The van der Waals surface area contributed by atoms with Crippen LogP contribution in [0.3, 0.4) is 0 Å². The lowest BCUT2D eigenvalue weighted by atomic mass is 10.1. The second-order valence-corrected chi connectivity index (χ2v) is 10.7. The largest absolute Gasteiger partial charge is 0.497 e. The van der Waals surface area contributed by atoms with Gasteiger partial charge in [-0.25, -0.2) is 8.42 Å². The van der Waals surface area contributed by atoms with Gasteiger partial charge in [0.2, 0.25) is 21.8 Å². The van der Waals surface area contributed by atoms with E-state index in [0.29, 0.717) is 18.7 Å². The van der Waals surface area contributed by atoms with Crippen molar-refractivity contribution in [2.45, 2.75) is 39.3 Å². The molecule has 0 saturated carbocycles. The smallest absolute Gasteiger partial charge is 0.244 e. The summed E-state index contributed by atoms with van der Waals surface area (Å²) >= 11 is 12.1. The van der Waals surface area contributed by atoms with Gasteiger partial charge in [-0.1, -0.05) is 49.2 Å². The minimum Gasteiger partial charge on any atom is -0.497 e. The van der Waals surface area contributed by atoms with Crippen molar-refractivity contribution in [2.24, 2.45) is 0 Å². The van der Waals surface area contributed by atoms with Crippen LogP contribution in [0, 0.1) is 0 Å². The molecule has 1 atom stereocenters. The van der Waals surface area contributed by atoms with Gasteiger partial charge in [-0.2, -0.15) is 0 Å². The fourth-order valence-electron chi connectivity index (χ4n) is 3.47. The first-order valence-corrected chi connectivity index (χ1v) is 13.7. The average Bonchev–Trinajstić information content (AvgIpc) is 2.82. The van der Waals surface area contributed by atoms with Crippen molar-refractivity contribution in [2.75, 3.05) is 30.8 Å². The van der Waals surface area contributed by atoms with Gasteiger partial charge in [-0.15, -0.1) is 0 Å². The molecule has 0 spiro atoms. The number of amides is 2. The third-order valence-electron chi connectivity index (χ3n) is 5.32. The number of halogens is 2. The Labute approximate surface area is 217 Å². The van der Waals surface area contributed by atoms with Crippen LogP contribution in [0.2, 0.25) is 10.0 Å². The second-order valence-electron chi connectivity index (χ2n) is 7.95. The zero-order valence-corrected chi connectivity index (χ0v) is 22.6. The van der Waals surface area contributed by atoms with E-state index in [9.17, 15) is 18.0 Å². The lowest BCUT2D eigenvalue weighted by Crippen LogP contribution is -2.52. The molecular weight excluding hydrogens is 513 g/mol. The zero-order chi connectivity index (χ0) is 26.2. The Kier molecular flexibility index (Phi) is 10.7. The molecule has 2 aromatic carbocycles. The number of nitrogens with zero attached hydrogens (tertiary/aromatic N) is 2. The van der Waals surface area contributed by atoms with E-state index in [0.717, 1.165) is 22.5 Å². The molecule has 0 aliphatic carbocycles. The van der Waals surface area contributed by atoms with Crippen LogP contribution in [0.5, 0.6) is 5.75 Å². The summed E-state index contributed by atoms with van der Waals surface area (Å²) < 4.78 is 31.4. The minimum atomic E-state index is -3.86. The van der Waals surface area contributed by atoms with E-state index in [-0.39, 0.29) is 28.2 Å². The number of benzene rings is 2. The molecule has 0 radical (unpaired) electrons. The van der Waals surface area contributed by atoms with E-state index >= 15 is 0 Å². The summed E-state index contributed by atoms with van der Waals surface area (Å²) in [6.07, 6.45) is 2.10. The molecule has 0 fully saturated rings. The molecule has 0 bridgehead atoms. The van der Waals surface area contributed by atoms with Gasteiger partial charge >= 0.3 is 0 Å². The standard InChI is InChI=1S/C24H31Cl2N3O5S/c1-5-13-27-24(31)22(6-2)28(15-17-7-10-19(34-3)11-8-17)23(30)16-29(35(4,32)33)18-9-12-20(25)21(26)14-18/h7-12,14,22H,5-6,13,15-16H2,1-4H3,(H,27,31). The Morgan fingerprint density at radius 3 is 2.23 bits per heavy atom. The van der Waals surface area contributed by atoms with Crippen LogP contribution in [0.25, 0.3) is 0 Å². The van der Waals surface area contributed by atoms with E-state index < -0.39 is 28.5 Å². The number of anilines is 1. The predicted octanol–water partition coefficient (Wildman–Crippen LogP) is 4.10. The van der Waals surface area contributed by atoms with Gasteiger partial charge in [0, 0.05) is 13.1 Å². The van der Waals surface area contributed by atoms with Gasteiger partial charge in [-0.3, -0.25) is 13.9 Å². The highest BCUT2D eigenvalue weighted by Crippen LogP contribution is 2.28. The quantitative estimate of drug-likeness (QED) is 0.434. The van der Waals surface area contributed by atoms with E-state index in [1.807, 2.05) is 6.92 Å². The number of carbonyl (C=O) groups is 2. The second kappa shape index (κ2) is 13.0. The number of rotatable bonds is 12. The fraction of sp³-hybridized carbons (Fsp3) is 0.417. The number of carbonyl (C=O) groups excluding carboxylic acids is 2. The Hall–Kier alpha value is -2.49. The predicted molar refractivity (Wildman–Crippen MR) is 140 cm³/mol. The Morgan fingerprint density at radius 2 is 1.71 bits per heavy atom. The lowest BCUT2D eigenvalue weighted by molar-refractivity contribution is -0.140. The van der Waals surface area contributed by atoms with Crippen LogP contribution < -0.4 is 14.4 Å². The first-order chi connectivity index (χ1) is 16.5. The van der Waals surface area contributed by atoms with Crippen molar-refractivity contribution < 1.29 is 22.7 Å².